The monoisotopic (exact) mass is 284 g/mol. The molecule has 2 aromatic rings. The Hall–Kier alpha value is -1.87. The van der Waals surface area contributed by atoms with Crippen molar-refractivity contribution in [3.63, 3.8) is 0 Å². The lowest BCUT2D eigenvalue weighted by atomic mass is 10.1. The molecule has 0 atom stereocenters. The Bertz CT molecular complexity index is 607. The summed E-state index contributed by atoms with van der Waals surface area (Å²) in [4.78, 5) is 2.26. The number of hydrogen-bond acceptors (Lipinski definition) is 2. The number of likely N-dealkylation sites (N-methyl/N-ethyl adjacent to an activating group) is 1. The third-order valence-corrected chi connectivity index (χ3v) is 4.10. The van der Waals surface area contributed by atoms with Crippen molar-refractivity contribution in [1.82, 2.24) is 5.32 Å². The highest BCUT2D eigenvalue weighted by Gasteiger charge is 2.19. The molecule has 1 aliphatic heterocycles. The minimum absolute atomic E-state index is 0.150. The minimum atomic E-state index is -0.150. The highest BCUT2D eigenvalue weighted by molar-refractivity contribution is 5.58. The number of nitrogens with one attached hydrogen (secondary N) is 1. The van der Waals surface area contributed by atoms with E-state index in [1.165, 1.54) is 16.7 Å². The first-order valence-corrected chi connectivity index (χ1v) is 7.52. The van der Waals surface area contributed by atoms with Crippen molar-refractivity contribution in [3.8, 4) is 0 Å². The molecular formula is C18H21FN2. The fraction of sp³-hybridized carbons (Fsp3) is 0.333. The lowest BCUT2D eigenvalue weighted by Crippen LogP contribution is -2.19. The van der Waals surface area contributed by atoms with Crippen LogP contribution in [0.15, 0.2) is 42.5 Å². The number of fused-ring (bicyclic) bond motifs is 1. The zero-order valence-electron chi connectivity index (χ0n) is 12.4. The summed E-state index contributed by atoms with van der Waals surface area (Å²) in [5.74, 6) is -0.150. The van der Waals surface area contributed by atoms with Gasteiger partial charge < -0.3 is 10.2 Å². The van der Waals surface area contributed by atoms with Crippen molar-refractivity contribution in [2.75, 3.05) is 25.0 Å². The Morgan fingerprint density at radius 3 is 2.62 bits per heavy atom. The minimum Gasteiger partial charge on any atom is -0.367 e. The normalized spacial score (nSPS) is 13.5. The molecule has 2 nitrogen and oxygen atoms in total. The van der Waals surface area contributed by atoms with Crippen molar-refractivity contribution in [3.05, 3.63) is 65.0 Å². The number of halogens is 1. The molecule has 0 aliphatic carbocycles. The van der Waals surface area contributed by atoms with Crippen molar-refractivity contribution < 1.29 is 4.39 Å². The zero-order valence-corrected chi connectivity index (χ0v) is 12.4. The number of nitrogens with zero attached hydrogens (tertiary/aromatic N) is 1. The van der Waals surface area contributed by atoms with E-state index in [-0.39, 0.29) is 5.82 Å². The van der Waals surface area contributed by atoms with Crippen LogP contribution in [0.25, 0.3) is 0 Å². The van der Waals surface area contributed by atoms with E-state index < -0.39 is 0 Å². The van der Waals surface area contributed by atoms with Crippen molar-refractivity contribution in [2.45, 2.75) is 19.4 Å². The van der Waals surface area contributed by atoms with Gasteiger partial charge in [0, 0.05) is 18.8 Å². The van der Waals surface area contributed by atoms with E-state index >= 15 is 0 Å². The molecule has 0 aromatic heterocycles. The molecule has 0 unspecified atom stereocenters. The van der Waals surface area contributed by atoms with Crippen LogP contribution in [0.4, 0.5) is 10.1 Å². The highest BCUT2D eigenvalue weighted by atomic mass is 19.1. The predicted molar refractivity (Wildman–Crippen MR) is 85.2 cm³/mol. The molecular weight excluding hydrogens is 263 g/mol. The van der Waals surface area contributed by atoms with Gasteiger partial charge in [-0.2, -0.15) is 0 Å². The SMILES string of the molecule is CNCCc1ccc(CN2CCc3ccc(F)cc32)cc1. The van der Waals surface area contributed by atoms with Crippen molar-refractivity contribution >= 4 is 5.69 Å². The summed E-state index contributed by atoms with van der Waals surface area (Å²) < 4.78 is 13.4. The molecule has 0 amide bonds. The van der Waals surface area contributed by atoms with E-state index in [1.54, 1.807) is 12.1 Å². The molecule has 0 spiro atoms. The Kier molecular flexibility index (Phi) is 4.20. The Labute approximate surface area is 125 Å². The summed E-state index contributed by atoms with van der Waals surface area (Å²) in [6.07, 6.45) is 2.06. The van der Waals surface area contributed by atoms with Crippen LogP contribution < -0.4 is 10.2 Å². The lowest BCUT2D eigenvalue weighted by Gasteiger charge is -2.19. The molecule has 0 fully saturated rings. The van der Waals surface area contributed by atoms with Gasteiger partial charge in [0.15, 0.2) is 0 Å². The van der Waals surface area contributed by atoms with Gasteiger partial charge >= 0.3 is 0 Å². The molecule has 0 saturated heterocycles. The van der Waals surface area contributed by atoms with Crippen LogP contribution >= 0.6 is 0 Å². The van der Waals surface area contributed by atoms with Gasteiger partial charge in [-0.15, -0.1) is 0 Å². The third-order valence-electron chi connectivity index (χ3n) is 4.10. The van der Waals surface area contributed by atoms with Gasteiger partial charge in [-0.3, -0.25) is 0 Å². The summed E-state index contributed by atoms with van der Waals surface area (Å²) in [5, 5.41) is 3.16. The summed E-state index contributed by atoms with van der Waals surface area (Å²) in [5.41, 5.74) is 4.93. The van der Waals surface area contributed by atoms with Gasteiger partial charge in [0.1, 0.15) is 5.82 Å². The average Bonchev–Trinajstić information content (AvgIpc) is 2.89. The first kappa shape index (κ1) is 14.1. The van der Waals surface area contributed by atoms with Crippen LogP contribution in [0.5, 0.6) is 0 Å². The first-order valence-electron chi connectivity index (χ1n) is 7.52. The third kappa shape index (κ3) is 3.24. The molecule has 0 bridgehead atoms. The van der Waals surface area contributed by atoms with E-state index in [0.717, 1.165) is 38.2 Å². The maximum atomic E-state index is 13.4. The van der Waals surface area contributed by atoms with Crippen molar-refractivity contribution in [2.24, 2.45) is 0 Å². The smallest absolute Gasteiger partial charge is 0.125 e. The van der Waals surface area contributed by atoms with Gasteiger partial charge in [0.2, 0.25) is 0 Å². The molecule has 0 saturated carbocycles. The standard InChI is InChI=1S/C18H21FN2/c1-20-10-8-14-2-4-15(5-3-14)13-21-11-9-16-6-7-17(19)12-18(16)21/h2-7,12,20H,8-11,13H2,1H3. The van der Waals surface area contributed by atoms with Crippen LogP contribution in [0.3, 0.4) is 0 Å². The van der Waals surface area contributed by atoms with Crippen LogP contribution in [-0.4, -0.2) is 20.1 Å². The first-order chi connectivity index (χ1) is 10.3. The predicted octanol–water partition coefficient (Wildman–Crippen LogP) is 3.15. The molecule has 21 heavy (non-hydrogen) atoms. The van der Waals surface area contributed by atoms with Gasteiger partial charge in [-0.1, -0.05) is 30.3 Å². The molecule has 110 valence electrons. The fourth-order valence-corrected chi connectivity index (χ4v) is 2.88. The van der Waals surface area contributed by atoms with Crippen LogP contribution in [0, 0.1) is 5.82 Å². The molecule has 2 aromatic carbocycles. The maximum absolute atomic E-state index is 13.4. The van der Waals surface area contributed by atoms with Gasteiger partial charge in [-0.05, 0) is 55.3 Å². The lowest BCUT2D eigenvalue weighted by molar-refractivity contribution is 0.627. The van der Waals surface area contributed by atoms with Crippen LogP contribution in [0.2, 0.25) is 0 Å². The quantitative estimate of drug-likeness (QED) is 0.907. The number of hydrogen-bond donors (Lipinski definition) is 1. The molecule has 1 aliphatic rings. The average molecular weight is 284 g/mol. The topological polar surface area (TPSA) is 15.3 Å². The number of benzene rings is 2. The summed E-state index contributed by atoms with van der Waals surface area (Å²) in [6.45, 7) is 2.82. The Balaban J connectivity index is 1.69. The van der Waals surface area contributed by atoms with E-state index in [4.69, 9.17) is 0 Å². The van der Waals surface area contributed by atoms with Crippen molar-refractivity contribution in [1.29, 1.82) is 0 Å². The van der Waals surface area contributed by atoms with E-state index in [9.17, 15) is 4.39 Å². The number of rotatable bonds is 5. The van der Waals surface area contributed by atoms with Gasteiger partial charge in [0.25, 0.3) is 0 Å². The zero-order chi connectivity index (χ0) is 14.7. The summed E-state index contributed by atoms with van der Waals surface area (Å²) in [7, 11) is 1.97. The van der Waals surface area contributed by atoms with Gasteiger partial charge in [-0.25, -0.2) is 4.39 Å². The summed E-state index contributed by atoms with van der Waals surface area (Å²) in [6, 6.07) is 13.9. The largest absolute Gasteiger partial charge is 0.367 e. The summed E-state index contributed by atoms with van der Waals surface area (Å²) >= 11 is 0. The van der Waals surface area contributed by atoms with E-state index in [2.05, 4.69) is 34.5 Å². The molecule has 1 N–H and O–H groups in total. The Morgan fingerprint density at radius 2 is 1.86 bits per heavy atom. The van der Waals surface area contributed by atoms with Crippen LogP contribution in [-0.2, 0) is 19.4 Å². The molecule has 3 rings (SSSR count). The fourth-order valence-electron chi connectivity index (χ4n) is 2.88. The second kappa shape index (κ2) is 6.27. The second-order valence-corrected chi connectivity index (χ2v) is 5.61. The van der Waals surface area contributed by atoms with Crippen LogP contribution in [0.1, 0.15) is 16.7 Å². The number of anilines is 1. The molecule has 3 heteroatoms. The maximum Gasteiger partial charge on any atom is 0.125 e. The van der Waals surface area contributed by atoms with E-state index in [1.807, 2.05) is 13.1 Å². The van der Waals surface area contributed by atoms with Gasteiger partial charge in [0.05, 0.1) is 0 Å². The Morgan fingerprint density at radius 1 is 1.10 bits per heavy atom. The highest BCUT2D eigenvalue weighted by Crippen LogP contribution is 2.29. The second-order valence-electron chi connectivity index (χ2n) is 5.61. The molecule has 0 radical (unpaired) electrons. The van der Waals surface area contributed by atoms with E-state index in [0.29, 0.717) is 0 Å². The molecule has 1 heterocycles.